The Hall–Kier alpha value is -1.33. The minimum atomic E-state index is -0.241. The lowest BCUT2D eigenvalue weighted by Gasteiger charge is -2.45. The third-order valence-corrected chi connectivity index (χ3v) is 3.44. The van der Waals surface area contributed by atoms with Crippen molar-refractivity contribution < 1.29 is 9.53 Å². The van der Waals surface area contributed by atoms with E-state index in [4.69, 9.17) is 10.00 Å². The van der Waals surface area contributed by atoms with Gasteiger partial charge in [-0.15, -0.1) is 0 Å². The van der Waals surface area contributed by atoms with E-state index in [9.17, 15) is 4.79 Å². The summed E-state index contributed by atoms with van der Waals surface area (Å²) in [5, 5.41) is 8.63. The molecule has 0 N–H and O–H groups in total. The number of rotatable bonds is 3. The molecule has 1 rings (SSSR count). The first-order valence-corrected chi connectivity index (χ1v) is 5.52. The fourth-order valence-corrected chi connectivity index (χ4v) is 2.80. The fourth-order valence-electron chi connectivity index (χ4n) is 2.80. The highest BCUT2D eigenvalue weighted by atomic mass is 16.5. The van der Waals surface area contributed by atoms with Crippen LogP contribution in [0.1, 0.15) is 40.0 Å². The van der Waals surface area contributed by atoms with E-state index in [1.54, 1.807) is 12.3 Å². The van der Waals surface area contributed by atoms with Gasteiger partial charge in [0.2, 0.25) is 6.08 Å². The Morgan fingerprint density at radius 1 is 1.50 bits per heavy atom. The van der Waals surface area contributed by atoms with Gasteiger partial charge in [0.25, 0.3) is 6.26 Å². The summed E-state index contributed by atoms with van der Waals surface area (Å²) < 4.78 is 5.10. The molecule has 16 heavy (non-hydrogen) atoms. The number of hydrogen-bond acceptors (Lipinski definition) is 4. The van der Waals surface area contributed by atoms with Crippen LogP contribution < -0.4 is 0 Å². The summed E-state index contributed by atoms with van der Waals surface area (Å²) in [6.45, 7) is 6.79. The summed E-state index contributed by atoms with van der Waals surface area (Å²) in [4.78, 5) is 13.9. The number of ether oxygens (including phenoxy) is 1. The van der Waals surface area contributed by atoms with E-state index in [0.717, 1.165) is 19.3 Å². The van der Waals surface area contributed by atoms with Gasteiger partial charge in [0.1, 0.15) is 6.10 Å². The minimum absolute atomic E-state index is 0.136. The van der Waals surface area contributed by atoms with Gasteiger partial charge in [-0.1, -0.05) is 20.8 Å². The summed E-state index contributed by atoms with van der Waals surface area (Å²) in [7, 11) is 0. The summed E-state index contributed by atoms with van der Waals surface area (Å²) in [5.74, 6) is 0. The predicted octanol–water partition coefficient (Wildman–Crippen LogP) is 2.40. The molecule has 2 atom stereocenters. The van der Waals surface area contributed by atoms with Crippen molar-refractivity contribution in [3.63, 3.8) is 0 Å². The molecule has 4 nitrogen and oxygen atoms in total. The Bertz CT molecular complexity index is 339. The molecule has 1 aliphatic carbocycles. The van der Waals surface area contributed by atoms with Gasteiger partial charge in [0, 0.05) is 5.41 Å². The van der Waals surface area contributed by atoms with Crippen molar-refractivity contribution in [2.45, 2.75) is 46.1 Å². The molecule has 0 aromatic rings. The standard InChI is InChI=1S/C12H18N2O2/c1-11(2)5-4-10(16-8-13)12(3,6-11)7-14-9-15/h10H,4-7H2,1-3H3. The lowest BCUT2D eigenvalue weighted by molar-refractivity contribution is -0.0382. The van der Waals surface area contributed by atoms with Crippen LogP contribution in [-0.2, 0) is 9.53 Å². The molecule has 0 spiro atoms. The van der Waals surface area contributed by atoms with E-state index >= 15 is 0 Å². The molecule has 0 aromatic heterocycles. The lowest BCUT2D eigenvalue weighted by Crippen LogP contribution is -2.44. The van der Waals surface area contributed by atoms with E-state index in [2.05, 4.69) is 18.8 Å². The second-order valence-corrected chi connectivity index (χ2v) is 5.64. The molecule has 1 aliphatic rings. The Labute approximate surface area is 96.3 Å². The van der Waals surface area contributed by atoms with Crippen LogP contribution >= 0.6 is 0 Å². The minimum Gasteiger partial charge on any atom is -0.424 e. The van der Waals surface area contributed by atoms with Crippen molar-refractivity contribution in [1.82, 2.24) is 0 Å². The van der Waals surface area contributed by atoms with E-state index < -0.39 is 0 Å². The molecule has 0 heterocycles. The van der Waals surface area contributed by atoms with Crippen molar-refractivity contribution in [2.24, 2.45) is 15.8 Å². The zero-order valence-corrected chi connectivity index (χ0v) is 10.1. The summed E-state index contributed by atoms with van der Waals surface area (Å²) >= 11 is 0. The van der Waals surface area contributed by atoms with Crippen LogP contribution in [0.3, 0.4) is 0 Å². The largest absolute Gasteiger partial charge is 0.424 e. The zero-order valence-electron chi connectivity index (χ0n) is 10.1. The zero-order chi connectivity index (χ0) is 12.2. The molecular formula is C12H18N2O2. The maximum Gasteiger partial charge on any atom is 0.286 e. The third kappa shape index (κ3) is 2.84. The molecule has 1 saturated carbocycles. The number of hydrogen-bond donors (Lipinski definition) is 0. The highest BCUT2D eigenvalue weighted by Gasteiger charge is 2.45. The smallest absolute Gasteiger partial charge is 0.286 e. The van der Waals surface area contributed by atoms with Crippen LogP contribution in [0.5, 0.6) is 0 Å². The quantitative estimate of drug-likeness (QED) is 0.418. The van der Waals surface area contributed by atoms with E-state index in [0.29, 0.717) is 6.54 Å². The van der Waals surface area contributed by atoms with E-state index in [1.807, 2.05) is 6.92 Å². The Kier molecular flexibility index (Phi) is 3.72. The number of carbonyl (C=O) groups excluding carboxylic acids is 1. The molecule has 0 bridgehead atoms. The van der Waals surface area contributed by atoms with Gasteiger partial charge < -0.3 is 4.74 Å². The summed E-state index contributed by atoms with van der Waals surface area (Å²) in [6, 6.07) is 0. The van der Waals surface area contributed by atoms with Crippen molar-refractivity contribution in [2.75, 3.05) is 6.54 Å². The molecule has 2 unspecified atom stereocenters. The highest BCUT2D eigenvalue weighted by molar-refractivity contribution is 5.33. The van der Waals surface area contributed by atoms with Gasteiger partial charge in [-0.05, 0) is 24.7 Å². The first kappa shape index (κ1) is 12.7. The molecular weight excluding hydrogens is 204 g/mol. The van der Waals surface area contributed by atoms with Crippen molar-refractivity contribution >= 4 is 6.08 Å². The van der Waals surface area contributed by atoms with Crippen LogP contribution in [0.4, 0.5) is 0 Å². The Balaban J connectivity index is 2.86. The van der Waals surface area contributed by atoms with Crippen LogP contribution in [0.2, 0.25) is 0 Å². The van der Waals surface area contributed by atoms with Crippen LogP contribution in [-0.4, -0.2) is 18.7 Å². The average molecular weight is 222 g/mol. The number of isocyanates is 1. The molecule has 4 heteroatoms. The van der Waals surface area contributed by atoms with Crippen molar-refractivity contribution in [1.29, 1.82) is 5.26 Å². The van der Waals surface area contributed by atoms with Crippen LogP contribution in [0.15, 0.2) is 4.99 Å². The second kappa shape index (κ2) is 4.67. The molecule has 1 fully saturated rings. The third-order valence-electron chi connectivity index (χ3n) is 3.44. The fraction of sp³-hybridized carbons (Fsp3) is 0.833. The molecule has 0 radical (unpaired) electrons. The SMILES string of the molecule is CC1(C)CCC(OC#N)C(C)(CN=C=O)C1. The summed E-state index contributed by atoms with van der Waals surface area (Å²) in [6.07, 6.45) is 5.95. The normalized spacial score (nSPS) is 32.2. The molecule has 0 saturated heterocycles. The van der Waals surface area contributed by atoms with Gasteiger partial charge in [-0.3, -0.25) is 0 Å². The first-order chi connectivity index (χ1) is 7.43. The topological polar surface area (TPSA) is 62.4 Å². The Morgan fingerprint density at radius 3 is 2.75 bits per heavy atom. The number of nitrogens with zero attached hydrogens (tertiary/aromatic N) is 2. The molecule has 0 aliphatic heterocycles. The molecule has 88 valence electrons. The van der Waals surface area contributed by atoms with E-state index in [-0.39, 0.29) is 16.9 Å². The lowest BCUT2D eigenvalue weighted by atomic mass is 9.63. The monoisotopic (exact) mass is 222 g/mol. The van der Waals surface area contributed by atoms with Crippen LogP contribution in [0, 0.1) is 22.3 Å². The summed E-state index contributed by atoms with van der Waals surface area (Å²) in [5.41, 5.74) is -0.0304. The van der Waals surface area contributed by atoms with Gasteiger partial charge in [0.05, 0.1) is 6.54 Å². The first-order valence-electron chi connectivity index (χ1n) is 5.52. The van der Waals surface area contributed by atoms with Gasteiger partial charge in [-0.2, -0.15) is 5.26 Å². The van der Waals surface area contributed by atoms with Gasteiger partial charge in [0.15, 0.2) is 0 Å². The maximum atomic E-state index is 10.2. The molecule has 0 amide bonds. The number of aliphatic imine (C=N–C) groups is 1. The van der Waals surface area contributed by atoms with Gasteiger partial charge >= 0.3 is 0 Å². The second-order valence-electron chi connectivity index (χ2n) is 5.64. The Morgan fingerprint density at radius 2 is 2.19 bits per heavy atom. The average Bonchev–Trinajstić information content (AvgIpc) is 2.19. The van der Waals surface area contributed by atoms with Crippen LogP contribution in [0.25, 0.3) is 0 Å². The maximum absolute atomic E-state index is 10.2. The van der Waals surface area contributed by atoms with Crippen molar-refractivity contribution in [3.05, 3.63) is 0 Å². The van der Waals surface area contributed by atoms with Gasteiger partial charge in [-0.25, -0.2) is 9.79 Å². The number of nitriles is 1. The predicted molar refractivity (Wildman–Crippen MR) is 59.2 cm³/mol. The van der Waals surface area contributed by atoms with Crippen molar-refractivity contribution in [3.8, 4) is 6.26 Å². The molecule has 0 aromatic carbocycles. The van der Waals surface area contributed by atoms with E-state index in [1.165, 1.54) is 0 Å². The highest BCUT2D eigenvalue weighted by Crippen LogP contribution is 2.47.